The lowest BCUT2D eigenvalue weighted by Gasteiger charge is -2.12. The predicted octanol–water partition coefficient (Wildman–Crippen LogP) is 6.32. The van der Waals surface area contributed by atoms with Gasteiger partial charge in [0, 0.05) is 10.1 Å². The van der Waals surface area contributed by atoms with E-state index < -0.39 is 0 Å². The normalized spacial score (nSPS) is 10.8. The summed E-state index contributed by atoms with van der Waals surface area (Å²) >= 11 is 1.41. The first kappa shape index (κ1) is 18.3. The van der Waals surface area contributed by atoms with Crippen molar-refractivity contribution in [1.29, 1.82) is 0 Å². The van der Waals surface area contributed by atoms with Crippen molar-refractivity contribution >= 4 is 27.4 Å². The van der Waals surface area contributed by atoms with Crippen LogP contribution in [0.2, 0.25) is 0 Å². The molecule has 0 amide bonds. The van der Waals surface area contributed by atoms with Crippen LogP contribution in [-0.2, 0) is 11.3 Å². The molecular formula is C24H20O3S. The van der Waals surface area contributed by atoms with Gasteiger partial charge in [-0.2, -0.15) is 0 Å². The maximum Gasteiger partial charge on any atom is 0.352 e. The molecule has 0 fully saturated rings. The lowest BCUT2D eigenvalue weighted by atomic mass is 10.0. The Balaban J connectivity index is 1.69. The van der Waals surface area contributed by atoms with Crippen LogP contribution in [0.3, 0.4) is 0 Å². The lowest BCUT2D eigenvalue weighted by molar-refractivity contribution is 0.0527. The number of carbonyl (C=O) groups is 1. The van der Waals surface area contributed by atoms with E-state index in [1.165, 1.54) is 11.3 Å². The summed E-state index contributed by atoms with van der Waals surface area (Å²) < 4.78 is 12.5. The number of carbonyl (C=O) groups excluding carboxylic acids is 1. The second-order valence-corrected chi connectivity index (χ2v) is 7.34. The van der Waals surface area contributed by atoms with Crippen LogP contribution in [0.5, 0.6) is 5.75 Å². The molecule has 0 aliphatic carbocycles. The topological polar surface area (TPSA) is 35.5 Å². The molecule has 0 radical (unpaired) electrons. The highest BCUT2D eigenvalue weighted by atomic mass is 32.1. The number of hydrogen-bond acceptors (Lipinski definition) is 4. The zero-order chi connectivity index (χ0) is 19.3. The van der Waals surface area contributed by atoms with Crippen LogP contribution >= 0.6 is 11.3 Å². The average Bonchev–Trinajstić information content (AvgIpc) is 3.12. The van der Waals surface area contributed by atoms with Crippen LogP contribution in [-0.4, -0.2) is 12.6 Å². The summed E-state index contributed by atoms with van der Waals surface area (Å²) in [6, 6.07) is 26.3. The van der Waals surface area contributed by atoms with Crippen molar-refractivity contribution in [2.75, 3.05) is 6.61 Å². The van der Waals surface area contributed by atoms with Gasteiger partial charge in [-0.3, -0.25) is 0 Å². The molecule has 140 valence electrons. The van der Waals surface area contributed by atoms with Gasteiger partial charge in [-0.05, 0) is 35.7 Å². The van der Waals surface area contributed by atoms with Crippen LogP contribution < -0.4 is 4.74 Å². The van der Waals surface area contributed by atoms with E-state index >= 15 is 0 Å². The third kappa shape index (κ3) is 3.64. The molecule has 0 N–H and O–H groups in total. The minimum atomic E-state index is -0.338. The highest BCUT2D eigenvalue weighted by Crippen LogP contribution is 2.39. The minimum Gasteiger partial charge on any atom is -0.486 e. The van der Waals surface area contributed by atoms with Gasteiger partial charge in [-0.1, -0.05) is 66.7 Å². The maximum absolute atomic E-state index is 12.4. The molecule has 0 saturated heterocycles. The minimum absolute atomic E-state index is 0.337. The van der Waals surface area contributed by atoms with Crippen LogP contribution in [0.4, 0.5) is 0 Å². The van der Waals surface area contributed by atoms with E-state index in [4.69, 9.17) is 9.47 Å². The van der Waals surface area contributed by atoms with Crippen molar-refractivity contribution in [1.82, 2.24) is 0 Å². The molecule has 0 aliphatic heterocycles. The first-order valence-corrected chi connectivity index (χ1v) is 10.0. The molecule has 1 heterocycles. The largest absolute Gasteiger partial charge is 0.486 e. The summed E-state index contributed by atoms with van der Waals surface area (Å²) in [6.07, 6.45) is 0. The molecule has 1 aromatic heterocycles. The van der Waals surface area contributed by atoms with E-state index in [9.17, 15) is 4.79 Å². The summed E-state index contributed by atoms with van der Waals surface area (Å²) in [7, 11) is 0. The molecule has 0 unspecified atom stereocenters. The highest BCUT2D eigenvalue weighted by molar-refractivity contribution is 7.21. The zero-order valence-corrected chi connectivity index (χ0v) is 16.4. The standard InChI is InChI=1S/C24H20O3S/c1-2-26-24(25)23-22(20-14-8-9-15-21(20)28-23)27-16-18-12-6-7-13-19(18)17-10-4-3-5-11-17/h3-15H,2,16H2,1H3. The average molecular weight is 388 g/mol. The smallest absolute Gasteiger partial charge is 0.352 e. The van der Waals surface area contributed by atoms with Gasteiger partial charge in [0.25, 0.3) is 0 Å². The summed E-state index contributed by atoms with van der Waals surface area (Å²) in [6.45, 7) is 2.52. The monoisotopic (exact) mass is 388 g/mol. The third-order valence-electron chi connectivity index (χ3n) is 4.48. The van der Waals surface area contributed by atoms with Crippen molar-refractivity contribution in [2.24, 2.45) is 0 Å². The molecule has 0 atom stereocenters. The molecule has 28 heavy (non-hydrogen) atoms. The van der Waals surface area contributed by atoms with Crippen molar-refractivity contribution in [3.8, 4) is 16.9 Å². The molecule has 3 nitrogen and oxygen atoms in total. The number of thiophene rings is 1. The Kier molecular flexibility index (Phi) is 5.40. The maximum atomic E-state index is 12.4. The fourth-order valence-corrected chi connectivity index (χ4v) is 4.23. The number of rotatable bonds is 6. The Labute approximate surface area is 168 Å². The molecular weight excluding hydrogens is 368 g/mol. The van der Waals surface area contributed by atoms with E-state index in [0.717, 1.165) is 26.8 Å². The van der Waals surface area contributed by atoms with E-state index in [0.29, 0.717) is 23.8 Å². The third-order valence-corrected chi connectivity index (χ3v) is 5.62. The van der Waals surface area contributed by atoms with Crippen LogP contribution in [0.25, 0.3) is 21.2 Å². The van der Waals surface area contributed by atoms with Crippen molar-refractivity contribution in [2.45, 2.75) is 13.5 Å². The summed E-state index contributed by atoms with van der Waals surface area (Å²) in [5.41, 5.74) is 3.33. The number of benzene rings is 3. The molecule has 4 aromatic rings. The SMILES string of the molecule is CCOC(=O)c1sc2ccccc2c1OCc1ccccc1-c1ccccc1. The van der Waals surface area contributed by atoms with E-state index in [-0.39, 0.29) is 5.97 Å². The fraction of sp³-hybridized carbons (Fsp3) is 0.125. The van der Waals surface area contributed by atoms with E-state index in [2.05, 4.69) is 24.3 Å². The Morgan fingerprint density at radius 1 is 0.893 bits per heavy atom. The number of fused-ring (bicyclic) bond motifs is 1. The van der Waals surface area contributed by atoms with E-state index in [1.807, 2.05) is 61.5 Å². The van der Waals surface area contributed by atoms with Gasteiger partial charge < -0.3 is 9.47 Å². The Bertz CT molecular complexity index is 1100. The predicted molar refractivity (Wildman–Crippen MR) is 114 cm³/mol. The van der Waals surface area contributed by atoms with Crippen LogP contribution in [0.15, 0.2) is 78.9 Å². The Morgan fingerprint density at radius 2 is 1.61 bits per heavy atom. The highest BCUT2D eigenvalue weighted by Gasteiger charge is 2.21. The van der Waals surface area contributed by atoms with Crippen molar-refractivity contribution in [3.63, 3.8) is 0 Å². The number of ether oxygens (including phenoxy) is 2. The number of hydrogen-bond donors (Lipinski definition) is 0. The summed E-state index contributed by atoms with van der Waals surface area (Å²) in [5.74, 6) is 0.261. The Hall–Kier alpha value is -3.11. The molecule has 3 aromatic carbocycles. The first-order chi connectivity index (χ1) is 13.8. The van der Waals surface area contributed by atoms with Crippen molar-refractivity contribution in [3.05, 3.63) is 89.3 Å². The molecule has 0 spiro atoms. The van der Waals surface area contributed by atoms with Gasteiger partial charge in [-0.15, -0.1) is 11.3 Å². The van der Waals surface area contributed by atoms with Gasteiger partial charge in [0.05, 0.1) is 6.61 Å². The second kappa shape index (κ2) is 8.28. The zero-order valence-electron chi connectivity index (χ0n) is 15.6. The summed E-state index contributed by atoms with van der Waals surface area (Å²) in [4.78, 5) is 13.0. The first-order valence-electron chi connectivity index (χ1n) is 9.22. The quantitative estimate of drug-likeness (QED) is 0.362. The molecule has 0 bridgehead atoms. The second-order valence-electron chi connectivity index (χ2n) is 6.29. The summed E-state index contributed by atoms with van der Waals surface area (Å²) in [5, 5.41) is 0.938. The molecule has 4 heteroatoms. The van der Waals surface area contributed by atoms with Gasteiger partial charge >= 0.3 is 5.97 Å². The van der Waals surface area contributed by atoms with Crippen LogP contribution in [0.1, 0.15) is 22.2 Å². The molecule has 4 rings (SSSR count). The molecule has 0 aliphatic rings. The lowest BCUT2D eigenvalue weighted by Crippen LogP contribution is -2.05. The van der Waals surface area contributed by atoms with Gasteiger partial charge in [-0.25, -0.2) is 4.79 Å². The number of esters is 1. The van der Waals surface area contributed by atoms with Gasteiger partial charge in [0.15, 0.2) is 10.6 Å². The Morgan fingerprint density at radius 3 is 2.43 bits per heavy atom. The molecule has 0 saturated carbocycles. The van der Waals surface area contributed by atoms with Gasteiger partial charge in [0.1, 0.15) is 6.61 Å². The van der Waals surface area contributed by atoms with Gasteiger partial charge in [0.2, 0.25) is 0 Å². The van der Waals surface area contributed by atoms with E-state index in [1.54, 1.807) is 0 Å². The van der Waals surface area contributed by atoms with Crippen LogP contribution in [0, 0.1) is 0 Å². The van der Waals surface area contributed by atoms with Crippen molar-refractivity contribution < 1.29 is 14.3 Å². The fourth-order valence-electron chi connectivity index (χ4n) is 3.19.